The molecule has 2 heterocycles. The number of hydrogen-bond donors (Lipinski definition) is 1. The second-order valence-corrected chi connectivity index (χ2v) is 7.45. The van der Waals surface area contributed by atoms with Crippen LogP contribution in [0.4, 0.5) is 0 Å². The molecule has 0 saturated heterocycles. The molecule has 0 aliphatic heterocycles. The van der Waals surface area contributed by atoms with Gasteiger partial charge in [-0.3, -0.25) is 4.79 Å². The molecule has 1 unspecified atom stereocenters. The van der Waals surface area contributed by atoms with E-state index in [0.717, 1.165) is 19.9 Å². The minimum absolute atomic E-state index is 0.0108. The van der Waals surface area contributed by atoms with E-state index in [4.69, 9.17) is 11.6 Å². The third kappa shape index (κ3) is 4.78. The van der Waals surface area contributed by atoms with Gasteiger partial charge in [-0.15, -0.1) is 22.7 Å². The van der Waals surface area contributed by atoms with E-state index in [2.05, 4.69) is 4.98 Å². The SMILES string of the molecule is CC(O)CCN(C)C(=O)Cc1csc(-c2ccc(Cl)s2)n1. The summed E-state index contributed by atoms with van der Waals surface area (Å²) in [5, 5.41) is 12.0. The number of carbonyl (C=O) groups is 1. The van der Waals surface area contributed by atoms with Crippen molar-refractivity contribution in [1.82, 2.24) is 9.88 Å². The van der Waals surface area contributed by atoms with Crippen LogP contribution in [-0.4, -0.2) is 40.6 Å². The molecular weight excluding hydrogens is 328 g/mol. The van der Waals surface area contributed by atoms with Gasteiger partial charge in [0.25, 0.3) is 0 Å². The van der Waals surface area contributed by atoms with Gasteiger partial charge in [-0.05, 0) is 25.5 Å². The number of likely N-dealkylation sites (N-methyl/N-ethyl adjacent to an activating group) is 1. The maximum absolute atomic E-state index is 12.1. The molecule has 7 heteroatoms. The molecule has 0 aliphatic rings. The van der Waals surface area contributed by atoms with Crippen molar-refractivity contribution in [2.24, 2.45) is 0 Å². The number of thiazole rings is 1. The number of nitrogens with zero attached hydrogens (tertiary/aromatic N) is 2. The van der Waals surface area contributed by atoms with Crippen LogP contribution in [0.2, 0.25) is 4.34 Å². The fourth-order valence-electron chi connectivity index (χ4n) is 1.73. The lowest BCUT2D eigenvalue weighted by atomic mass is 10.2. The van der Waals surface area contributed by atoms with E-state index in [1.807, 2.05) is 17.5 Å². The first-order chi connectivity index (χ1) is 9.95. The maximum atomic E-state index is 12.1. The fourth-order valence-corrected chi connectivity index (χ4v) is 3.66. The third-order valence-electron chi connectivity index (χ3n) is 2.98. The summed E-state index contributed by atoms with van der Waals surface area (Å²) in [6, 6.07) is 3.78. The molecule has 0 radical (unpaired) electrons. The van der Waals surface area contributed by atoms with E-state index in [9.17, 15) is 9.90 Å². The molecule has 114 valence electrons. The van der Waals surface area contributed by atoms with Crippen LogP contribution >= 0.6 is 34.3 Å². The van der Waals surface area contributed by atoms with Gasteiger partial charge in [0, 0.05) is 19.0 Å². The summed E-state index contributed by atoms with van der Waals surface area (Å²) in [4.78, 5) is 19.2. The molecule has 0 bridgehead atoms. The lowest BCUT2D eigenvalue weighted by molar-refractivity contribution is -0.129. The van der Waals surface area contributed by atoms with Crippen molar-refractivity contribution < 1.29 is 9.90 Å². The third-order valence-corrected chi connectivity index (χ3v) is 5.27. The van der Waals surface area contributed by atoms with Crippen LogP contribution in [0.3, 0.4) is 0 Å². The highest BCUT2D eigenvalue weighted by Gasteiger charge is 2.14. The van der Waals surface area contributed by atoms with Crippen LogP contribution in [0.5, 0.6) is 0 Å². The number of aliphatic hydroxyl groups excluding tert-OH is 1. The van der Waals surface area contributed by atoms with Crippen molar-refractivity contribution in [3.8, 4) is 9.88 Å². The fraction of sp³-hybridized carbons (Fsp3) is 0.429. The Labute approximate surface area is 137 Å². The molecular formula is C14H17ClN2O2S2. The Morgan fingerprint density at radius 2 is 2.29 bits per heavy atom. The van der Waals surface area contributed by atoms with E-state index in [-0.39, 0.29) is 12.3 Å². The first-order valence-electron chi connectivity index (χ1n) is 6.58. The number of aromatic nitrogens is 1. The van der Waals surface area contributed by atoms with Crippen LogP contribution < -0.4 is 0 Å². The predicted octanol–water partition coefficient (Wildman–Crippen LogP) is 3.30. The summed E-state index contributed by atoms with van der Waals surface area (Å²) in [5.74, 6) is 0.0108. The van der Waals surface area contributed by atoms with Gasteiger partial charge in [0.15, 0.2) is 0 Å². The summed E-state index contributed by atoms with van der Waals surface area (Å²) in [5.41, 5.74) is 0.772. The van der Waals surface area contributed by atoms with E-state index < -0.39 is 6.10 Å². The van der Waals surface area contributed by atoms with Crippen LogP contribution in [-0.2, 0) is 11.2 Å². The molecule has 0 aliphatic carbocycles. The van der Waals surface area contributed by atoms with Gasteiger partial charge < -0.3 is 10.0 Å². The quantitative estimate of drug-likeness (QED) is 0.874. The summed E-state index contributed by atoms with van der Waals surface area (Å²) >= 11 is 8.92. The summed E-state index contributed by atoms with van der Waals surface area (Å²) in [7, 11) is 1.75. The number of rotatable bonds is 6. The zero-order chi connectivity index (χ0) is 15.4. The Hall–Kier alpha value is -0.950. The topological polar surface area (TPSA) is 53.4 Å². The van der Waals surface area contributed by atoms with Crippen LogP contribution in [0.25, 0.3) is 9.88 Å². The first-order valence-corrected chi connectivity index (χ1v) is 8.65. The van der Waals surface area contributed by atoms with E-state index >= 15 is 0 Å². The Kier molecular flexibility index (Phi) is 5.75. The normalized spacial score (nSPS) is 12.4. The highest BCUT2D eigenvalue weighted by molar-refractivity contribution is 7.23. The van der Waals surface area contributed by atoms with Crippen molar-refractivity contribution >= 4 is 40.2 Å². The summed E-state index contributed by atoms with van der Waals surface area (Å²) in [6.45, 7) is 2.27. The zero-order valence-electron chi connectivity index (χ0n) is 11.9. The Balaban J connectivity index is 1.94. The minimum Gasteiger partial charge on any atom is -0.393 e. The number of amides is 1. The number of carbonyl (C=O) groups excluding carboxylic acids is 1. The van der Waals surface area contributed by atoms with Gasteiger partial charge >= 0.3 is 0 Å². The largest absolute Gasteiger partial charge is 0.393 e. The van der Waals surface area contributed by atoms with Crippen molar-refractivity contribution in [3.63, 3.8) is 0 Å². The molecule has 0 fully saturated rings. The second kappa shape index (κ2) is 7.35. The minimum atomic E-state index is -0.394. The highest BCUT2D eigenvalue weighted by Crippen LogP contribution is 2.32. The predicted molar refractivity (Wildman–Crippen MR) is 88.1 cm³/mol. The standard InChI is InChI=1S/C14H17ClN2O2S2/c1-9(18)5-6-17(2)13(19)7-10-8-20-14(16-10)11-3-4-12(15)21-11/h3-4,8-9,18H,5-7H2,1-2H3. The Morgan fingerprint density at radius 3 is 2.90 bits per heavy atom. The molecule has 1 atom stereocenters. The zero-order valence-corrected chi connectivity index (χ0v) is 14.3. The van der Waals surface area contributed by atoms with Gasteiger partial charge in [0.2, 0.25) is 5.91 Å². The molecule has 21 heavy (non-hydrogen) atoms. The molecule has 4 nitrogen and oxygen atoms in total. The molecule has 2 aromatic rings. The van der Waals surface area contributed by atoms with Crippen LogP contribution in [0.15, 0.2) is 17.5 Å². The van der Waals surface area contributed by atoms with Crippen molar-refractivity contribution in [2.75, 3.05) is 13.6 Å². The average molecular weight is 345 g/mol. The van der Waals surface area contributed by atoms with Crippen LogP contribution in [0.1, 0.15) is 19.0 Å². The van der Waals surface area contributed by atoms with E-state index in [1.54, 1.807) is 18.9 Å². The van der Waals surface area contributed by atoms with Gasteiger partial charge in [-0.2, -0.15) is 0 Å². The molecule has 0 spiro atoms. The van der Waals surface area contributed by atoms with Gasteiger partial charge in [-0.1, -0.05) is 11.6 Å². The van der Waals surface area contributed by atoms with Crippen molar-refractivity contribution in [1.29, 1.82) is 0 Å². The van der Waals surface area contributed by atoms with E-state index in [1.165, 1.54) is 22.7 Å². The molecule has 2 aromatic heterocycles. The lowest BCUT2D eigenvalue weighted by Gasteiger charge is -2.17. The average Bonchev–Trinajstić information content (AvgIpc) is 3.04. The lowest BCUT2D eigenvalue weighted by Crippen LogP contribution is -2.30. The highest BCUT2D eigenvalue weighted by atomic mass is 35.5. The summed E-state index contributed by atoms with van der Waals surface area (Å²) in [6.07, 6.45) is 0.471. The number of halogens is 1. The monoisotopic (exact) mass is 344 g/mol. The Morgan fingerprint density at radius 1 is 1.52 bits per heavy atom. The molecule has 1 amide bonds. The Bertz CT molecular complexity index is 610. The smallest absolute Gasteiger partial charge is 0.228 e. The van der Waals surface area contributed by atoms with E-state index in [0.29, 0.717) is 13.0 Å². The van der Waals surface area contributed by atoms with Gasteiger partial charge in [-0.25, -0.2) is 4.98 Å². The number of aliphatic hydroxyl groups is 1. The van der Waals surface area contributed by atoms with Crippen molar-refractivity contribution in [3.05, 3.63) is 27.5 Å². The second-order valence-electron chi connectivity index (χ2n) is 4.88. The number of thiophene rings is 1. The maximum Gasteiger partial charge on any atom is 0.228 e. The molecule has 0 aromatic carbocycles. The van der Waals surface area contributed by atoms with Crippen LogP contribution in [0, 0.1) is 0 Å². The molecule has 1 N–H and O–H groups in total. The summed E-state index contributed by atoms with van der Waals surface area (Å²) < 4.78 is 0.732. The molecule has 0 saturated carbocycles. The van der Waals surface area contributed by atoms with Crippen molar-refractivity contribution in [2.45, 2.75) is 25.9 Å². The first kappa shape index (κ1) is 16.4. The number of hydrogen-bond acceptors (Lipinski definition) is 5. The van der Waals surface area contributed by atoms with Gasteiger partial charge in [0.1, 0.15) is 5.01 Å². The molecule has 2 rings (SSSR count). The van der Waals surface area contributed by atoms with Gasteiger partial charge in [0.05, 0.1) is 27.4 Å².